The van der Waals surface area contributed by atoms with E-state index >= 15 is 0 Å². The van der Waals surface area contributed by atoms with Crippen LogP contribution in [0.5, 0.6) is 0 Å². The van der Waals surface area contributed by atoms with E-state index in [-0.39, 0.29) is 6.10 Å². The Morgan fingerprint density at radius 3 is 3.20 bits per heavy atom. The average molecular weight is 342 g/mol. The third-order valence-electron chi connectivity index (χ3n) is 5.03. The number of hydrogen-bond acceptors (Lipinski definition) is 7. The molecule has 8 heteroatoms. The number of morpholine rings is 1. The quantitative estimate of drug-likeness (QED) is 0.761. The molecule has 130 valence electrons. The molecule has 2 aliphatic heterocycles. The molecule has 2 aromatic heterocycles. The Hall–Kier alpha value is -2.45. The van der Waals surface area contributed by atoms with Gasteiger partial charge in [-0.05, 0) is 37.6 Å². The summed E-state index contributed by atoms with van der Waals surface area (Å²) in [6, 6.07) is 5.79. The lowest BCUT2D eigenvalue weighted by Crippen LogP contribution is -2.49. The first kappa shape index (κ1) is 14.9. The van der Waals surface area contributed by atoms with Gasteiger partial charge in [0.25, 0.3) is 5.89 Å². The number of piperidine rings is 1. The maximum absolute atomic E-state index is 11.3. The van der Waals surface area contributed by atoms with Crippen molar-refractivity contribution >= 4 is 11.1 Å². The standard InChI is InChI=1S/C17H18N4O4/c22-17-18-12-7-10(4-5-13(12)24-17)16-19-15(20-25-16)14-8-21-6-2-1-3-11(21)9-23-14/h4-5,7,11,14H,1-3,6,8-9H2,(H,18,22)/t11?,14-/m1/s1. The zero-order chi connectivity index (χ0) is 16.8. The monoisotopic (exact) mass is 342 g/mol. The van der Waals surface area contributed by atoms with Gasteiger partial charge < -0.3 is 13.7 Å². The average Bonchev–Trinajstić information content (AvgIpc) is 3.26. The van der Waals surface area contributed by atoms with Crippen LogP contribution in [-0.2, 0) is 4.74 Å². The second kappa shape index (κ2) is 5.82. The Labute approximate surface area is 142 Å². The highest BCUT2D eigenvalue weighted by Gasteiger charge is 2.33. The highest BCUT2D eigenvalue weighted by atomic mass is 16.5. The van der Waals surface area contributed by atoms with Crippen molar-refractivity contribution in [3.63, 3.8) is 0 Å². The van der Waals surface area contributed by atoms with E-state index in [1.165, 1.54) is 19.3 Å². The van der Waals surface area contributed by atoms with Crippen LogP contribution in [0.1, 0.15) is 31.2 Å². The summed E-state index contributed by atoms with van der Waals surface area (Å²) in [5.74, 6) is 0.494. The van der Waals surface area contributed by atoms with Crippen molar-refractivity contribution in [1.29, 1.82) is 0 Å². The summed E-state index contributed by atoms with van der Waals surface area (Å²) < 4.78 is 16.4. The minimum absolute atomic E-state index is 0.163. The van der Waals surface area contributed by atoms with Crippen molar-refractivity contribution < 1.29 is 13.7 Å². The van der Waals surface area contributed by atoms with E-state index in [0.29, 0.717) is 28.9 Å². The van der Waals surface area contributed by atoms with Gasteiger partial charge in [0.1, 0.15) is 6.10 Å². The van der Waals surface area contributed by atoms with Crippen molar-refractivity contribution in [2.45, 2.75) is 31.4 Å². The van der Waals surface area contributed by atoms with Crippen LogP contribution in [0, 0.1) is 0 Å². The molecule has 5 rings (SSSR count). The first-order valence-electron chi connectivity index (χ1n) is 8.59. The van der Waals surface area contributed by atoms with E-state index in [4.69, 9.17) is 13.7 Å². The van der Waals surface area contributed by atoms with Crippen molar-refractivity contribution in [2.75, 3.05) is 19.7 Å². The largest absolute Gasteiger partial charge is 0.417 e. The molecular weight excluding hydrogens is 324 g/mol. The molecule has 2 fully saturated rings. The smallest absolute Gasteiger partial charge is 0.408 e. The van der Waals surface area contributed by atoms with Crippen LogP contribution < -0.4 is 5.76 Å². The highest BCUT2D eigenvalue weighted by Crippen LogP contribution is 2.29. The van der Waals surface area contributed by atoms with Gasteiger partial charge in [-0.15, -0.1) is 0 Å². The summed E-state index contributed by atoms with van der Waals surface area (Å²) in [5, 5.41) is 4.11. The Morgan fingerprint density at radius 2 is 2.24 bits per heavy atom. The summed E-state index contributed by atoms with van der Waals surface area (Å²) in [5.41, 5.74) is 1.84. The summed E-state index contributed by atoms with van der Waals surface area (Å²) >= 11 is 0. The molecule has 2 atom stereocenters. The molecule has 25 heavy (non-hydrogen) atoms. The number of nitrogens with zero attached hydrogens (tertiary/aromatic N) is 3. The highest BCUT2D eigenvalue weighted by molar-refractivity contribution is 5.77. The number of H-pyrrole nitrogens is 1. The third kappa shape index (κ3) is 2.67. The fraction of sp³-hybridized carbons (Fsp3) is 0.471. The molecule has 1 aromatic carbocycles. The van der Waals surface area contributed by atoms with Gasteiger partial charge in [-0.3, -0.25) is 9.88 Å². The Morgan fingerprint density at radius 1 is 1.28 bits per heavy atom. The first-order chi connectivity index (χ1) is 12.3. The summed E-state index contributed by atoms with van der Waals surface area (Å²) in [7, 11) is 0. The van der Waals surface area contributed by atoms with Crippen LogP contribution in [0.25, 0.3) is 22.6 Å². The van der Waals surface area contributed by atoms with Crippen molar-refractivity contribution in [3.8, 4) is 11.5 Å². The second-order valence-corrected chi connectivity index (χ2v) is 6.65. The predicted octanol–water partition coefficient (Wildman–Crippen LogP) is 2.10. The lowest BCUT2D eigenvalue weighted by Gasteiger charge is -2.41. The molecule has 2 aliphatic rings. The molecule has 8 nitrogen and oxygen atoms in total. The fourth-order valence-corrected chi connectivity index (χ4v) is 3.71. The molecular formula is C17H18N4O4. The number of ether oxygens (including phenoxy) is 1. The zero-order valence-electron chi connectivity index (χ0n) is 13.6. The van der Waals surface area contributed by atoms with Gasteiger partial charge >= 0.3 is 5.76 Å². The fourth-order valence-electron chi connectivity index (χ4n) is 3.71. The molecule has 0 radical (unpaired) electrons. The van der Waals surface area contributed by atoms with Gasteiger partial charge in [0.2, 0.25) is 5.82 Å². The first-order valence-corrected chi connectivity index (χ1v) is 8.59. The van der Waals surface area contributed by atoms with Gasteiger partial charge in [-0.25, -0.2) is 4.79 Å². The van der Waals surface area contributed by atoms with Crippen LogP contribution in [0.15, 0.2) is 31.9 Å². The summed E-state index contributed by atoms with van der Waals surface area (Å²) in [6.07, 6.45) is 3.56. The molecule has 0 bridgehead atoms. The lowest BCUT2D eigenvalue weighted by atomic mass is 10.0. The third-order valence-corrected chi connectivity index (χ3v) is 5.03. The van der Waals surface area contributed by atoms with E-state index in [9.17, 15) is 4.79 Å². The number of aromatic nitrogens is 3. The molecule has 4 heterocycles. The second-order valence-electron chi connectivity index (χ2n) is 6.65. The van der Waals surface area contributed by atoms with E-state index in [1.807, 2.05) is 0 Å². The molecule has 0 aliphatic carbocycles. The number of oxazole rings is 1. The van der Waals surface area contributed by atoms with Crippen LogP contribution in [0.3, 0.4) is 0 Å². The Kier molecular flexibility index (Phi) is 3.46. The number of nitrogens with one attached hydrogen (secondary N) is 1. The van der Waals surface area contributed by atoms with E-state index in [0.717, 1.165) is 25.3 Å². The van der Waals surface area contributed by atoms with Gasteiger partial charge in [0.15, 0.2) is 5.58 Å². The van der Waals surface area contributed by atoms with Gasteiger partial charge in [0, 0.05) is 18.2 Å². The molecule has 1 unspecified atom stereocenters. The maximum atomic E-state index is 11.3. The summed E-state index contributed by atoms with van der Waals surface area (Å²) in [4.78, 5) is 20.9. The Balaban J connectivity index is 1.39. The lowest BCUT2D eigenvalue weighted by molar-refractivity contribution is -0.0805. The van der Waals surface area contributed by atoms with Gasteiger partial charge in [-0.1, -0.05) is 11.6 Å². The predicted molar refractivity (Wildman–Crippen MR) is 88.0 cm³/mol. The number of fused-ring (bicyclic) bond motifs is 2. The molecule has 3 aromatic rings. The van der Waals surface area contributed by atoms with E-state index in [1.54, 1.807) is 18.2 Å². The van der Waals surface area contributed by atoms with Crippen LogP contribution in [-0.4, -0.2) is 45.8 Å². The van der Waals surface area contributed by atoms with Gasteiger partial charge in [0.05, 0.1) is 12.1 Å². The van der Waals surface area contributed by atoms with Crippen molar-refractivity contribution in [1.82, 2.24) is 20.0 Å². The topological polar surface area (TPSA) is 97.4 Å². The van der Waals surface area contributed by atoms with Crippen molar-refractivity contribution in [3.05, 3.63) is 34.6 Å². The molecule has 0 saturated carbocycles. The van der Waals surface area contributed by atoms with E-state index < -0.39 is 5.76 Å². The minimum Gasteiger partial charge on any atom is -0.408 e. The van der Waals surface area contributed by atoms with Gasteiger partial charge in [-0.2, -0.15) is 4.98 Å². The maximum Gasteiger partial charge on any atom is 0.417 e. The Bertz CT molecular complexity index is 959. The normalized spacial score (nSPS) is 24.5. The van der Waals surface area contributed by atoms with Crippen LogP contribution >= 0.6 is 0 Å². The van der Waals surface area contributed by atoms with Crippen LogP contribution in [0.4, 0.5) is 0 Å². The molecule has 1 N–H and O–H groups in total. The summed E-state index contributed by atoms with van der Waals surface area (Å²) in [6.45, 7) is 2.63. The number of hydrogen-bond donors (Lipinski definition) is 1. The number of benzene rings is 1. The number of rotatable bonds is 2. The minimum atomic E-state index is -0.481. The molecule has 2 saturated heterocycles. The SMILES string of the molecule is O=c1[nH]c2cc(-c3nc([C@H]4CN5CCCCC5CO4)no3)ccc2o1. The zero-order valence-corrected chi connectivity index (χ0v) is 13.6. The van der Waals surface area contributed by atoms with Crippen LogP contribution in [0.2, 0.25) is 0 Å². The van der Waals surface area contributed by atoms with E-state index in [2.05, 4.69) is 20.0 Å². The molecule has 0 spiro atoms. The van der Waals surface area contributed by atoms with Crippen molar-refractivity contribution in [2.24, 2.45) is 0 Å². The number of aromatic amines is 1. The molecule has 0 amide bonds.